The van der Waals surface area contributed by atoms with E-state index < -0.39 is 156 Å². The largest absolute Gasteiger partial charge is 1.00 e. The number of carbonyl (C=O) groups excluding carboxylic acids is 12. The first-order valence-corrected chi connectivity index (χ1v) is 44.1. The van der Waals surface area contributed by atoms with Crippen molar-refractivity contribution in [3.8, 4) is 0 Å². The van der Waals surface area contributed by atoms with Crippen molar-refractivity contribution in [2.75, 3.05) is 57.3 Å². The molecule has 2 fully saturated rings. The van der Waals surface area contributed by atoms with Gasteiger partial charge in [0.2, 0.25) is 76.6 Å². The van der Waals surface area contributed by atoms with Gasteiger partial charge in [0.05, 0.1) is 37.8 Å². The summed E-state index contributed by atoms with van der Waals surface area (Å²) in [7, 11) is 0. The number of nitrogens with zero attached hydrogens (tertiary/aromatic N) is 2. The molecule has 37 heteroatoms. The van der Waals surface area contributed by atoms with Gasteiger partial charge in [0.15, 0.2) is 24.2 Å². The van der Waals surface area contributed by atoms with Gasteiger partial charge in [0.25, 0.3) is 0 Å². The molecule has 4 aliphatic rings. The number of allylic oxidation sites excluding steroid dienone is 8. The standard InChI is InChI=1S/C95H118N20O16.BrH/c1-94(2)74(114(72-42-40-60-30-16-18-32-62(60)82(72)94)50-44-76(116)100-46-22-20-34-66-86(126)108-64(36-24-48-102-92(96)97)84(124)104-56-78(118)106-70(54-80(120)121)90(130)112-68(88(128)110-66)52-58-26-10-8-11-27-58)38-14-6-5-7-15-39-75-95(3,4)83-63-33-19-17-31-61(63)41-43-73(83)115(75)51-45-77(117)101-47-23-21-35-67-87(127)109-65(37-25-49-103-93(98)99)85(125)105-57-79(119)107-71(55-81(122)123)91(131)113-69(89(129)111-67)53-59-28-12-9-13-29-59;/h5-19,26-33,38-43,64-71H,20-25,34-37,44-57H2,1-4H3,(H21-,96,97,98,99,100,101,102,103,104,105,106,107,108,109,110,111,112,113,116,117,118,119,120,121,122,123,124,125,126,127,128,129,130,131);1H/t64-,65-,66-,67-,68+,69+,70-,71-;/m0./s1. The Morgan fingerprint density at radius 1 is 0.439 bits per heavy atom. The Morgan fingerprint density at radius 2 is 0.833 bits per heavy atom. The van der Waals surface area contributed by atoms with Crippen molar-refractivity contribution < 1.29 is 98.9 Å². The molecule has 0 radical (unpaired) electrons. The summed E-state index contributed by atoms with van der Waals surface area (Å²) in [6.45, 7) is 8.51. The third kappa shape index (κ3) is 28.9. The van der Waals surface area contributed by atoms with E-state index in [9.17, 15) is 77.3 Å². The number of nitrogens with one attached hydrogen (secondary N) is 16. The topological polar surface area (TPSA) is 554 Å². The highest BCUT2D eigenvalue weighted by atomic mass is 79.9. The molecule has 6 aromatic rings. The van der Waals surface area contributed by atoms with Gasteiger partial charge in [-0.1, -0.05) is 159 Å². The second kappa shape index (κ2) is 49.0. The Balaban J connectivity index is 0.0000196. The SMILES string of the molecule is CC1(C)C(/C=C/C=C/C=C/C=C2/N(CCC(=O)NCCCC[C@@H]3NC(=O)[C@@H](Cc4ccccc4)NC(=O)[C@H](CC(=O)O)NC(=O)CNC(=O)[C@H](CCCNC(=N)N)NC3=O)c3ccc4ccccc4c3C2(C)C)=[N+](CCC(=O)NCCCC[C@@H]2NC(=O)[C@@H](Cc3ccccc3)NC(=O)[C@H](CC(=O)O)NC(=O)CNC(=O)[C@H](CCCNC(=N)N)NC2=O)c2ccc3ccccc3c21.[Br-]. The van der Waals surface area contributed by atoms with Gasteiger partial charge in [0.1, 0.15) is 48.3 Å². The molecule has 22 N–H and O–H groups in total. The van der Waals surface area contributed by atoms with Gasteiger partial charge in [-0.05, 0) is 134 Å². The van der Waals surface area contributed by atoms with Crippen LogP contribution in [0.15, 0.2) is 182 Å². The van der Waals surface area contributed by atoms with Crippen LogP contribution in [0.1, 0.15) is 140 Å². The second-order valence-electron chi connectivity index (χ2n) is 33.8. The zero-order valence-electron chi connectivity index (χ0n) is 74.4. The van der Waals surface area contributed by atoms with Crippen LogP contribution in [0, 0.1) is 10.8 Å². The van der Waals surface area contributed by atoms with E-state index in [2.05, 4.69) is 172 Å². The fourth-order valence-electron chi connectivity index (χ4n) is 16.8. The van der Waals surface area contributed by atoms with Gasteiger partial charge in [-0.25, -0.2) is 0 Å². The summed E-state index contributed by atoms with van der Waals surface area (Å²) < 4.78 is 2.17. The lowest BCUT2D eigenvalue weighted by molar-refractivity contribution is -0.436. The molecule has 4 heterocycles. The summed E-state index contributed by atoms with van der Waals surface area (Å²) in [5, 5.41) is 75.9. The van der Waals surface area contributed by atoms with Crippen LogP contribution in [0.4, 0.5) is 11.4 Å². The number of carboxylic acid groups (broad SMARTS) is 2. The molecule has 6 aromatic carbocycles. The summed E-state index contributed by atoms with van der Waals surface area (Å²) in [4.78, 5) is 193. The zero-order chi connectivity index (χ0) is 94.3. The minimum Gasteiger partial charge on any atom is -1.00 e. The van der Waals surface area contributed by atoms with Crippen LogP contribution in [0.3, 0.4) is 0 Å². The minimum atomic E-state index is -1.66. The molecular weight excluding hydrogens is 1760 g/mol. The van der Waals surface area contributed by atoms with Crippen LogP contribution in [-0.4, -0.2) is 216 Å². The fourth-order valence-corrected chi connectivity index (χ4v) is 16.8. The van der Waals surface area contributed by atoms with Gasteiger partial charge in [-0.15, -0.1) is 0 Å². The maximum atomic E-state index is 14.4. The maximum Gasteiger partial charge on any atom is 0.305 e. The molecule has 12 amide bonds. The molecule has 0 aromatic heterocycles. The molecular formula is C95H119BrN20O16. The molecule has 0 unspecified atom stereocenters. The van der Waals surface area contributed by atoms with E-state index in [1.807, 2.05) is 54.6 Å². The van der Waals surface area contributed by atoms with Gasteiger partial charge >= 0.3 is 11.9 Å². The van der Waals surface area contributed by atoms with Crippen LogP contribution < -0.4 is 108 Å². The van der Waals surface area contributed by atoms with Gasteiger partial charge in [0, 0.05) is 86.5 Å². The molecule has 36 nitrogen and oxygen atoms in total. The average Bonchev–Trinajstić information content (AvgIpc) is 1.55. The van der Waals surface area contributed by atoms with E-state index in [1.54, 1.807) is 60.7 Å². The van der Waals surface area contributed by atoms with Crippen LogP contribution in [0.25, 0.3) is 21.5 Å². The van der Waals surface area contributed by atoms with E-state index in [4.69, 9.17) is 22.3 Å². The lowest BCUT2D eigenvalue weighted by atomic mass is 9.79. The lowest BCUT2D eigenvalue weighted by Gasteiger charge is -2.27. The number of anilines is 1. The van der Waals surface area contributed by atoms with Gasteiger partial charge in [-0.2, -0.15) is 4.58 Å². The first-order valence-electron chi connectivity index (χ1n) is 44.1. The van der Waals surface area contributed by atoms with Crippen LogP contribution in [0.2, 0.25) is 0 Å². The van der Waals surface area contributed by atoms with Crippen molar-refractivity contribution in [2.45, 2.75) is 190 Å². The third-order valence-electron chi connectivity index (χ3n) is 23.3. The van der Waals surface area contributed by atoms with Gasteiger partial charge < -0.3 is 118 Å². The number of aliphatic carboxylic acids is 2. The number of amides is 12. The highest BCUT2D eigenvalue weighted by Gasteiger charge is 2.47. The molecule has 0 spiro atoms. The normalized spacial score (nSPS) is 20.7. The number of nitrogens with two attached hydrogens (primary N) is 2. The maximum absolute atomic E-state index is 14.4. The number of benzene rings is 6. The predicted octanol–water partition coefficient (Wildman–Crippen LogP) is 0.176. The van der Waals surface area contributed by atoms with Crippen LogP contribution in [-0.2, 0) is 90.8 Å². The van der Waals surface area contributed by atoms with Crippen LogP contribution in [0.5, 0.6) is 0 Å². The van der Waals surface area contributed by atoms with E-state index in [0.29, 0.717) is 37.1 Å². The number of guanidine groups is 2. The fraction of sp³-hybridized carbons (Fsp3) is 0.400. The Hall–Kier alpha value is -14.1. The molecule has 4 aliphatic heterocycles. The summed E-state index contributed by atoms with van der Waals surface area (Å²) in [6, 6.07) is 30.7. The molecule has 8 atom stereocenters. The summed E-state index contributed by atoms with van der Waals surface area (Å²) in [6.07, 6.45) is 13.7. The van der Waals surface area contributed by atoms with Crippen molar-refractivity contribution in [2.24, 2.45) is 11.5 Å². The highest BCUT2D eigenvalue weighted by Crippen LogP contribution is 2.51. The smallest absolute Gasteiger partial charge is 0.305 e. The van der Waals surface area contributed by atoms with E-state index in [0.717, 1.165) is 55.5 Å². The Bertz CT molecular complexity index is 5410. The van der Waals surface area contributed by atoms with E-state index >= 15 is 0 Å². The molecule has 0 bridgehead atoms. The molecule has 10 rings (SSSR count). The number of hydrogen-bond acceptors (Lipinski definition) is 17. The van der Waals surface area contributed by atoms with E-state index in [-0.39, 0.29) is 144 Å². The van der Waals surface area contributed by atoms with Crippen molar-refractivity contribution in [3.05, 3.63) is 204 Å². The average molecular weight is 1880 g/mol. The van der Waals surface area contributed by atoms with Crippen molar-refractivity contribution in [3.63, 3.8) is 0 Å². The molecule has 2 saturated heterocycles. The number of fused-ring (bicyclic) bond motifs is 6. The number of unbranched alkanes of at least 4 members (excludes halogenated alkanes) is 2. The van der Waals surface area contributed by atoms with Gasteiger partial charge in [-0.3, -0.25) is 77.9 Å². The molecule has 0 aliphatic carbocycles. The summed E-state index contributed by atoms with van der Waals surface area (Å²) in [5.74, 6) is -12.5. The number of carbonyl (C=O) groups is 14. The third-order valence-corrected chi connectivity index (χ3v) is 23.3. The molecule has 0 saturated carbocycles. The second-order valence-corrected chi connectivity index (χ2v) is 33.8. The monoisotopic (exact) mass is 1870 g/mol. The summed E-state index contributed by atoms with van der Waals surface area (Å²) >= 11 is 0. The summed E-state index contributed by atoms with van der Waals surface area (Å²) in [5.41, 5.74) is 17.1. The molecule has 702 valence electrons. The lowest BCUT2D eigenvalue weighted by Crippen LogP contribution is -3.00. The zero-order valence-corrected chi connectivity index (χ0v) is 76.0. The minimum absolute atomic E-state index is 0. The Morgan fingerprint density at radius 3 is 1.31 bits per heavy atom. The van der Waals surface area contributed by atoms with Crippen LogP contribution >= 0.6 is 0 Å². The van der Waals surface area contributed by atoms with Crippen molar-refractivity contribution >= 4 is 133 Å². The van der Waals surface area contributed by atoms with Crippen molar-refractivity contribution in [1.82, 2.24) is 74.4 Å². The van der Waals surface area contributed by atoms with Crippen molar-refractivity contribution in [1.29, 1.82) is 10.8 Å². The Labute approximate surface area is 775 Å². The number of halogens is 1. The first kappa shape index (κ1) is 102. The first-order chi connectivity index (χ1) is 62.7. The van der Waals surface area contributed by atoms with E-state index in [1.165, 1.54) is 0 Å². The number of rotatable bonds is 36. The number of hydrogen-bond donors (Lipinski definition) is 20. The number of carboxylic acids is 2. The quantitative estimate of drug-likeness (QED) is 0.00820. The highest BCUT2D eigenvalue weighted by molar-refractivity contribution is 6.08. The predicted molar refractivity (Wildman–Crippen MR) is 494 cm³/mol. The molecule has 132 heavy (non-hydrogen) atoms. The Kier molecular flexibility index (Phi) is 37.8.